The standard InChI is InChI=1S/C8H17NO2Si/c9-7-12(6-8(10)11)4-2-1-3-5-12/h1-7,9H2,(H,10,11). The lowest BCUT2D eigenvalue weighted by molar-refractivity contribution is -0.134. The van der Waals surface area contributed by atoms with E-state index in [0.29, 0.717) is 12.2 Å². The molecule has 0 unspecified atom stereocenters. The van der Waals surface area contributed by atoms with Gasteiger partial charge in [0.15, 0.2) is 0 Å². The van der Waals surface area contributed by atoms with Crippen LogP contribution in [0, 0.1) is 0 Å². The predicted molar refractivity (Wildman–Crippen MR) is 50.7 cm³/mol. The first kappa shape index (κ1) is 9.73. The van der Waals surface area contributed by atoms with Crippen molar-refractivity contribution in [3.8, 4) is 0 Å². The Hall–Kier alpha value is -0.353. The van der Waals surface area contributed by atoms with Crippen molar-refractivity contribution in [3.05, 3.63) is 0 Å². The van der Waals surface area contributed by atoms with Crippen LogP contribution in [-0.2, 0) is 4.79 Å². The summed E-state index contributed by atoms with van der Waals surface area (Å²) in [6, 6.07) is 2.66. The smallest absolute Gasteiger partial charge is 0.300 e. The first-order chi connectivity index (χ1) is 5.68. The van der Waals surface area contributed by atoms with E-state index in [-0.39, 0.29) is 0 Å². The molecule has 12 heavy (non-hydrogen) atoms. The third kappa shape index (κ3) is 2.32. The van der Waals surface area contributed by atoms with Gasteiger partial charge in [-0.25, -0.2) is 0 Å². The van der Waals surface area contributed by atoms with Crippen LogP contribution in [0.1, 0.15) is 19.3 Å². The topological polar surface area (TPSA) is 63.3 Å². The summed E-state index contributed by atoms with van der Waals surface area (Å²) in [6.45, 7) is 0. The SMILES string of the molecule is NC[Si]1(CC(=O)O)CCCCC1. The summed E-state index contributed by atoms with van der Waals surface area (Å²) < 4.78 is 0. The van der Waals surface area contributed by atoms with Crippen molar-refractivity contribution in [2.24, 2.45) is 5.73 Å². The van der Waals surface area contributed by atoms with Gasteiger partial charge in [-0.2, -0.15) is 0 Å². The highest BCUT2D eigenvalue weighted by Crippen LogP contribution is 2.30. The Labute approximate surface area is 74.0 Å². The molecule has 0 atom stereocenters. The van der Waals surface area contributed by atoms with E-state index >= 15 is 0 Å². The van der Waals surface area contributed by atoms with Crippen LogP contribution in [0.2, 0.25) is 18.1 Å². The molecular formula is C8H17NO2Si. The van der Waals surface area contributed by atoms with Crippen LogP contribution in [0.3, 0.4) is 0 Å². The third-order valence-electron chi connectivity index (χ3n) is 2.87. The minimum Gasteiger partial charge on any atom is -0.481 e. The Morgan fingerprint density at radius 1 is 1.33 bits per heavy atom. The number of hydrogen-bond donors (Lipinski definition) is 2. The molecular weight excluding hydrogens is 170 g/mol. The van der Waals surface area contributed by atoms with E-state index in [0.717, 1.165) is 12.1 Å². The molecule has 3 N–H and O–H groups in total. The Morgan fingerprint density at radius 2 is 1.92 bits per heavy atom. The zero-order valence-electron chi connectivity index (χ0n) is 7.38. The number of aliphatic carboxylic acids is 1. The molecule has 0 aromatic carbocycles. The number of carboxylic acids is 1. The summed E-state index contributed by atoms with van der Waals surface area (Å²) >= 11 is 0. The van der Waals surface area contributed by atoms with E-state index < -0.39 is 14.0 Å². The van der Waals surface area contributed by atoms with Crippen molar-refractivity contribution in [1.82, 2.24) is 0 Å². The Balaban J connectivity index is 2.53. The van der Waals surface area contributed by atoms with Crippen LogP contribution in [0.4, 0.5) is 0 Å². The fourth-order valence-corrected chi connectivity index (χ4v) is 5.87. The molecule has 4 heteroatoms. The molecule has 0 aromatic heterocycles. The summed E-state index contributed by atoms with van der Waals surface area (Å²) in [6.07, 6.45) is 4.35. The maximum Gasteiger partial charge on any atom is 0.300 e. The van der Waals surface area contributed by atoms with Gasteiger partial charge in [-0.3, -0.25) is 4.79 Å². The molecule has 0 bridgehead atoms. The van der Waals surface area contributed by atoms with Gasteiger partial charge in [-0.05, 0) is 6.17 Å². The summed E-state index contributed by atoms with van der Waals surface area (Å²) in [5.74, 6) is -0.644. The quantitative estimate of drug-likeness (QED) is 0.653. The minimum atomic E-state index is -1.54. The molecule has 0 spiro atoms. The monoisotopic (exact) mass is 187 g/mol. The molecule has 0 saturated carbocycles. The van der Waals surface area contributed by atoms with Crippen LogP contribution in [0.15, 0.2) is 0 Å². The molecule has 1 aliphatic heterocycles. The lowest BCUT2D eigenvalue weighted by atomic mass is 10.3. The Morgan fingerprint density at radius 3 is 2.33 bits per heavy atom. The van der Waals surface area contributed by atoms with Crippen molar-refractivity contribution < 1.29 is 9.90 Å². The zero-order valence-corrected chi connectivity index (χ0v) is 8.38. The van der Waals surface area contributed by atoms with Crippen molar-refractivity contribution in [3.63, 3.8) is 0 Å². The van der Waals surface area contributed by atoms with Crippen molar-refractivity contribution in [2.45, 2.75) is 37.4 Å². The Kier molecular flexibility index (Phi) is 3.28. The van der Waals surface area contributed by atoms with E-state index in [2.05, 4.69) is 0 Å². The van der Waals surface area contributed by atoms with Gasteiger partial charge < -0.3 is 10.8 Å². The summed E-state index contributed by atoms with van der Waals surface area (Å²) in [7, 11) is -1.54. The lowest BCUT2D eigenvalue weighted by Crippen LogP contribution is -2.46. The molecule has 0 aliphatic carbocycles. The van der Waals surface area contributed by atoms with Gasteiger partial charge in [0.1, 0.15) is 0 Å². The average Bonchev–Trinajstić information content (AvgIpc) is 2.05. The number of carbonyl (C=O) groups is 1. The van der Waals surface area contributed by atoms with Gasteiger partial charge in [-0.15, -0.1) is 0 Å². The molecule has 1 rings (SSSR count). The van der Waals surface area contributed by atoms with Gasteiger partial charge in [-0.1, -0.05) is 31.4 Å². The van der Waals surface area contributed by atoms with E-state index in [9.17, 15) is 4.79 Å². The molecule has 1 saturated heterocycles. The van der Waals surface area contributed by atoms with Gasteiger partial charge in [0, 0.05) is 6.04 Å². The lowest BCUT2D eigenvalue weighted by Gasteiger charge is -2.32. The number of nitrogens with two attached hydrogens (primary N) is 1. The minimum absolute atomic E-state index is 0.392. The molecule has 1 heterocycles. The van der Waals surface area contributed by atoms with Gasteiger partial charge in [0.2, 0.25) is 0 Å². The number of rotatable bonds is 3. The van der Waals surface area contributed by atoms with Gasteiger partial charge >= 0.3 is 5.97 Å². The highest BCUT2D eigenvalue weighted by molar-refractivity contribution is 6.82. The molecule has 0 amide bonds. The second kappa shape index (κ2) is 4.05. The van der Waals surface area contributed by atoms with Gasteiger partial charge in [0.25, 0.3) is 0 Å². The summed E-state index contributed by atoms with van der Waals surface area (Å²) in [5, 5.41) is 8.74. The maximum atomic E-state index is 10.6. The van der Waals surface area contributed by atoms with E-state index in [1.807, 2.05) is 0 Å². The van der Waals surface area contributed by atoms with Crippen molar-refractivity contribution >= 4 is 14.0 Å². The first-order valence-electron chi connectivity index (χ1n) is 4.60. The fraction of sp³-hybridized carbons (Fsp3) is 0.875. The van der Waals surface area contributed by atoms with Crippen LogP contribution in [-0.4, -0.2) is 25.3 Å². The zero-order chi connectivity index (χ0) is 9.03. The molecule has 0 radical (unpaired) electrons. The summed E-state index contributed by atoms with van der Waals surface area (Å²) in [4.78, 5) is 10.6. The second-order valence-corrected chi connectivity index (χ2v) is 8.60. The summed E-state index contributed by atoms with van der Waals surface area (Å²) in [5.41, 5.74) is 5.68. The van der Waals surface area contributed by atoms with E-state index in [4.69, 9.17) is 10.8 Å². The number of hydrogen-bond acceptors (Lipinski definition) is 2. The predicted octanol–water partition coefficient (Wildman–Crippen LogP) is 1.20. The highest BCUT2D eigenvalue weighted by atomic mass is 28.3. The largest absolute Gasteiger partial charge is 0.481 e. The highest BCUT2D eigenvalue weighted by Gasteiger charge is 2.35. The average molecular weight is 187 g/mol. The van der Waals surface area contributed by atoms with Crippen LogP contribution < -0.4 is 5.73 Å². The molecule has 70 valence electrons. The molecule has 1 fully saturated rings. The van der Waals surface area contributed by atoms with Crippen LogP contribution >= 0.6 is 0 Å². The van der Waals surface area contributed by atoms with Crippen LogP contribution in [0.5, 0.6) is 0 Å². The first-order valence-corrected chi connectivity index (χ1v) is 7.43. The third-order valence-corrected chi connectivity index (χ3v) is 7.62. The van der Waals surface area contributed by atoms with Crippen molar-refractivity contribution in [2.75, 3.05) is 6.17 Å². The maximum absolute atomic E-state index is 10.6. The fourth-order valence-electron chi connectivity index (χ4n) is 2.08. The van der Waals surface area contributed by atoms with E-state index in [1.165, 1.54) is 19.3 Å². The molecule has 1 aliphatic rings. The molecule has 0 aromatic rings. The second-order valence-electron chi connectivity index (χ2n) is 3.84. The number of carboxylic acid groups (broad SMARTS) is 1. The molecule has 3 nitrogen and oxygen atoms in total. The van der Waals surface area contributed by atoms with E-state index in [1.54, 1.807) is 0 Å². The van der Waals surface area contributed by atoms with Gasteiger partial charge in [0.05, 0.1) is 8.07 Å². The normalized spacial score (nSPS) is 22.1. The Bertz CT molecular complexity index is 166. The van der Waals surface area contributed by atoms with Crippen LogP contribution in [0.25, 0.3) is 0 Å². The van der Waals surface area contributed by atoms with Crippen molar-refractivity contribution in [1.29, 1.82) is 0 Å².